The molecule has 1 heterocycles. The first-order valence-electron chi connectivity index (χ1n) is 4.83. The Labute approximate surface area is 103 Å². The number of ether oxygens (including phenoxy) is 1. The summed E-state index contributed by atoms with van der Waals surface area (Å²) in [4.78, 5) is 0. The third-order valence-corrected chi connectivity index (χ3v) is 3.28. The van der Waals surface area contributed by atoms with E-state index in [0.29, 0.717) is 11.1 Å². The minimum atomic E-state index is 0.410. The molecular formula is C11H11ClN2OS. The van der Waals surface area contributed by atoms with Gasteiger partial charge in [-0.3, -0.25) is 0 Å². The number of halogens is 1. The molecule has 0 N–H and O–H groups in total. The van der Waals surface area contributed by atoms with Crippen LogP contribution < -0.4 is 4.74 Å². The van der Waals surface area contributed by atoms with Gasteiger partial charge in [0.25, 0.3) is 0 Å². The fraction of sp³-hybridized carbons (Fsp3) is 0.273. The molecule has 0 amide bonds. The van der Waals surface area contributed by atoms with Crippen LogP contribution in [0.3, 0.4) is 0 Å². The molecular weight excluding hydrogens is 244 g/mol. The zero-order valence-corrected chi connectivity index (χ0v) is 10.6. The summed E-state index contributed by atoms with van der Waals surface area (Å²) in [5, 5.41) is 8.38. The van der Waals surface area contributed by atoms with E-state index in [1.807, 2.05) is 18.2 Å². The van der Waals surface area contributed by atoms with Gasteiger partial charge in [-0.05, 0) is 48.7 Å². The van der Waals surface area contributed by atoms with Crippen molar-refractivity contribution in [2.24, 2.45) is 0 Å². The summed E-state index contributed by atoms with van der Waals surface area (Å²) in [6, 6.07) is 6.00. The van der Waals surface area contributed by atoms with Crippen LogP contribution in [0.15, 0.2) is 18.2 Å². The predicted molar refractivity (Wildman–Crippen MR) is 65.2 cm³/mol. The van der Waals surface area contributed by atoms with Crippen molar-refractivity contribution in [1.29, 1.82) is 0 Å². The van der Waals surface area contributed by atoms with E-state index < -0.39 is 0 Å². The largest absolute Gasteiger partial charge is 0.486 e. The Kier molecular flexibility index (Phi) is 3.41. The second-order valence-corrected chi connectivity index (χ2v) is 5.13. The number of hydrogen-bond donors (Lipinski definition) is 0. The molecule has 5 heteroatoms. The maximum atomic E-state index is 5.68. The smallest absolute Gasteiger partial charge is 0.207 e. The highest BCUT2D eigenvalue weighted by atomic mass is 35.5. The van der Waals surface area contributed by atoms with Crippen molar-refractivity contribution in [1.82, 2.24) is 10.2 Å². The summed E-state index contributed by atoms with van der Waals surface area (Å²) >= 11 is 7.01. The van der Waals surface area contributed by atoms with Crippen LogP contribution in [0.25, 0.3) is 0 Å². The third kappa shape index (κ3) is 2.71. The van der Waals surface area contributed by atoms with E-state index in [9.17, 15) is 0 Å². The topological polar surface area (TPSA) is 35.0 Å². The van der Waals surface area contributed by atoms with Gasteiger partial charge in [0.15, 0.2) is 5.01 Å². The summed E-state index contributed by atoms with van der Waals surface area (Å²) in [6.07, 6.45) is 0. The minimum absolute atomic E-state index is 0.410. The second kappa shape index (κ2) is 4.80. The zero-order chi connectivity index (χ0) is 11.5. The summed E-state index contributed by atoms with van der Waals surface area (Å²) < 4.78 is 6.03. The van der Waals surface area contributed by atoms with E-state index in [2.05, 4.69) is 24.0 Å². The molecule has 84 valence electrons. The van der Waals surface area contributed by atoms with Crippen molar-refractivity contribution in [2.45, 2.75) is 20.5 Å². The zero-order valence-electron chi connectivity index (χ0n) is 9.03. The van der Waals surface area contributed by atoms with Gasteiger partial charge in [0.1, 0.15) is 12.4 Å². The lowest BCUT2D eigenvalue weighted by atomic mass is 10.1. The van der Waals surface area contributed by atoms with Gasteiger partial charge in [0.05, 0.1) is 0 Å². The molecule has 0 bridgehead atoms. The van der Waals surface area contributed by atoms with Crippen LogP contribution in [-0.2, 0) is 6.61 Å². The average Bonchev–Trinajstić information content (AvgIpc) is 2.66. The first-order valence-corrected chi connectivity index (χ1v) is 6.02. The highest BCUT2D eigenvalue weighted by molar-refractivity contribution is 7.15. The Morgan fingerprint density at radius 1 is 1.25 bits per heavy atom. The molecule has 0 saturated carbocycles. The Morgan fingerprint density at radius 2 is 2.06 bits per heavy atom. The SMILES string of the molecule is Cc1ccc(OCc2nnc(Cl)s2)cc1C. The minimum Gasteiger partial charge on any atom is -0.486 e. The molecule has 0 aliphatic carbocycles. The van der Waals surface area contributed by atoms with Crippen LogP contribution in [0, 0.1) is 13.8 Å². The number of rotatable bonds is 3. The first kappa shape index (κ1) is 11.4. The summed E-state index contributed by atoms with van der Waals surface area (Å²) in [6.45, 7) is 4.54. The molecule has 2 rings (SSSR count). The van der Waals surface area contributed by atoms with E-state index in [-0.39, 0.29) is 0 Å². The molecule has 1 aromatic carbocycles. The van der Waals surface area contributed by atoms with Crippen LogP contribution in [0.2, 0.25) is 4.47 Å². The molecule has 0 saturated heterocycles. The lowest BCUT2D eigenvalue weighted by Crippen LogP contribution is -1.95. The standard InChI is InChI=1S/C11H11ClN2OS/c1-7-3-4-9(5-8(7)2)15-6-10-13-14-11(12)16-10/h3-5H,6H2,1-2H3. The van der Waals surface area contributed by atoms with Crippen LogP contribution in [0.1, 0.15) is 16.1 Å². The molecule has 0 unspecified atom stereocenters. The highest BCUT2D eigenvalue weighted by Gasteiger charge is 2.03. The van der Waals surface area contributed by atoms with Crippen molar-refractivity contribution < 1.29 is 4.74 Å². The fourth-order valence-corrected chi connectivity index (χ4v) is 2.02. The number of aryl methyl sites for hydroxylation is 2. The van der Waals surface area contributed by atoms with Crippen molar-refractivity contribution in [3.63, 3.8) is 0 Å². The average molecular weight is 255 g/mol. The van der Waals surface area contributed by atoms with Crippen molar-refractivity contribution in [3.8, 4) is 5.75 Å². The molecule has 16 heavy (non-hydrogen) atoms. The molecule has 0 aliphatic heterocycles. The lowest BCUT2D eigenvalue weighted by molar-refractivity contribution is 0.304. The van der Waals surface area contributed by atoms with Gasteiger partial charge in [0, 0.05) is 0 Å². The second-order valence-electron chi connectivity index (χ2n) is 3.48. The van der Waals surface area contributed by atoms with Gasteiger partial charge in [-0.15, -0.1) is 10.2 Å². The summed E-state index contributed by atoms with van der Waals surface area (Å²) in [5.74, 6) is 0.842. The van der Waals surface area contributed by atoms with Crippen molar-refractivity contribution >= 4 is 22.9 Å². The first-order chi connectivity index (χ1) is 7.65. The Hall–Kier alpha value is -1.13. The number of nitrogens with zero attached hydrogens (tertiary/aromatic N) is 2. The lowest BCUT2D eigenvalue weighted by Gasteiger charge is -2.06. The molecule has 2 aromatic rings. The maximum Gasteiger partial charge on any atom is 0.207 e. The summed E-state index contributed by atoms with van der Waals surface area (Å²) in [7, 11) is 0. The van der Waals surface area contributed by atoms with Crippen LogP contribution in [0.4, 0.5) is 0 Å². The third-order valence-electron chi connectivity index (χ3n) is 2.28. The van der Waals surface area contributed by atoms with Gasteiger partial charge >= 0.3 is 0 Å². The van der Waals surface area contributed by atoms with Gasteiger partial charge < -0.3 is 4.74 Å². The number of aromatic nitrogens is 2. The molecule has 3 nitrogen and oxygen atoms in total. The van der Waals surface area contributed by atoms with Crippen molar-refractivity contribution in [2.75, 3.05) is 0 Å². The van der Waals surface area contributed by atoms with E-state index in [0.717, 1.165) is 10.8 Å². The van der Waals surface area contributed by atoms with Gasteiger partial charge in [0.2, 0.25) is 4.47 Å². The monoisotopic (exact) mass is 254 g/mol. The Bertz CT molecular complexity index is 498. The van der Waals surface area contributed by atoms with E-state index in [1.165, 1.54) is 22.5 Å². The molecule has 1 aromatic heterocycles. The van der Waals surface area contributed by atoms with E-state index >= 15 is 0 Å². The normalized spacial score (nSPS) is 10.4. The van der Waals surface area contributed by atoms with Crippen LogP contribution in [0.5, 0.6) is 5.75 Å². The van der Waals surface area contributed by atoms with Gasteiger partial charge in [-0.25, -0.2) is 0 Å². The molecule has 0 aliphatic rings. The molecule has 0 radical (unpaired) electrons. The molecule has 0 fully saturated rings. The van der Waals surface area contributed by atoms with Crippen LogP contribution >= 0.6 is 22.9 Å². The number of hydrogen-bond acceptors (Lipinski definition) is 4. The van der Waals surface area contributed by atoms with Crippen molar-refractivity contribution in [3.05, 3.63) is 38.8 Å². The highest BCUT2D eigenvalue weighted by Crippen LogP contribution is 2.20. The van der Waals surface area contributed by atoms with Crippen LogP contribution in [-0.4, -0.2) is 10.2 Å². The molecule has 0 atom stereocenters. The van der Waals surface area contributed by atoms with Gasteiger partial charge in [-0.1, -0.05) is 17.4 Å². The Balaban J connectivity index is 2.02. The van der Waals surface area contributed by atoms with E-state index in [4.69, 9.17) is 16.3 Å². The van der Waals surface area contributed by atoms with E-state index in [1.54, 1.807) is 0 Å². The fourth-order valence-electron chi connectivity index (χ4n) is 1.24. The molecule has 0 spiro atoms. The Morgan fingerprint density at radius 3 is 2.69 bits per heavy atom. The maximum absolute atomic E-state index is 5.68. The number of benzene rings is 1. The predicted octanol–water partition coefficient (Wildman–Crippen LogP) is 3.39. The summed E-state index contributed by atoms with van der Waals surface area (Å²) in [5.41, 5.74) is 2.47. The quantitative estimate of drug-likeness (QED) is 0.842. The van der Waals surface area contributed by atoms with Gasteiger partial charge in [-0.2, -0.15) is 0 Å².